The summed E-state index contributed by atoms with van der Waals surface area (Å²) in [7, 11) is 0. The van der Waals surface area contributed by atoms with Gasteiger partial charge in [-0.15, -0.1) is 0 Å². The molecule has 2 rings (SSSR count). The maximum absolute atomic E-state index is 13.6. The minimum Gasteiger partial charge on any atom is -0.363 e. The summed E-state index contributed by atoms with van der Waals surface area (Å²) in [6.07, 6.45) is 1.11. The Morgan fingerprint density at radius 3 is 2.60 bits per heavy atom. The average Bonchev–Trinajstić information content (AvgIpc) is 2.39. The number of halogens is 2. The molecule has 0 fully saturated rings. The molecule has 0 amide bonds. The Labute approximate surface area is 113 Å². The van der Waals surface area contributed by atoms with Crippen molar-refractivity contribution < 1.29 is 13.7 Å². The number of nitro groups is 1. The molecule has 20 heavy (non-hydrogen) atoms. The summed E-state index contributed by atoms with van der Waals surface area (Å²) in [6, 6.07) is 5.58. The van der Waals surface area contributed by atoms with Gasteiger partial charge in [0, 0.05) is 17.7 Å². The molecule has 0 saturated heterocycles. The topological polar surface area (TPSA) is 68.1 Å². The summed E-state index contributed by atoms with van der Waals surface area (Å²) in [5.41, 5.74) is 0.155. The number of benzene rings is 1. The molecular weight excluding hydrogens is 268 g/mol. The second-order valence-corrected chi connectivity index (χ2v) is 4.19. The highest BCUT2D eigenvalue weighted by molar-refractivity contribution is 5.42. The van der Waals surface area contributed by atoms with Crippen LogP contribution in [-0.2, 0) is 0 Å². The van der Waals surface area contributed by atoms with Crippen LogP contribution in [0.4, 0.5) is 20.3 Å². The van der Waals surface area contributed by atoms with Gasteiger partial charge in [0.15, 0.2) is 0 Å². The zero-order chi connectivity index (χ0) is 14.7. The van der Waals surface area contributed by atoms with E-state index in [1.54, 1.807) is 6.92 Å². The first kappa shape index (κ1) is 13.9. The van der Waals surface area contributed by atoms with Crippen molar-refractivity contribution in [1.82, 2.24) is 4.98 Å². The van der Waals surface area contributed by atoms with E-state index in [2.05, 4.69) is 10.3 Å². The highest BCUT2D eigenvalue weighted by Gasteiger charge is 2.13. The predicted molar refractivity (Wildman–Crippen MR) is 69.3 cm³/mol. The Morgan fingerprint density at radius 2 is 2.05 bits per heavy atom. The van der Waals surface area contributed by atoms with Gasteiger partial charge in [-0.05, 0) is 19.1 Å². The minimum atomic E-state index is -0.660. The molecule has 0 saturated carbocycles. The van der Waals surface area contributed by atoms with E-state index < -0.39 is 22.6 Å². The monoisotopic (exact) mass is 279 g/mol. The summed E-state index contributed by atoms with van der Waals surface area (Å²) >= 11 is 0. The molecule has 1 heterocycles. The third-order valence-electron chi connectivity index (χ3n) is 2.75. The van der Waals surface area contributed by atoms with Crippen LogP contribution in [0.15, 0.2) is 36.5 Å². The van der Waals surface area contributed by atoms with Crippen molar-refractivity contribution in [2.75, 3.05) is 5.32 Å². The fourth-order valence-corrected chi connectivity index (χ4v) is 1.73. The average molecular weight is 279 g/mol. The van der Waals surface area contributed by atoms with Crippen LogP contribution >= 0.6 is 0 Å². The summed E-state index contributed by atoms with van der Waals surface area (Å²) < 4.78 is 26.4. The van der Waals surface area contributed by atoms with E-state index in [1.807, 2.05) is 0 Å². The molecule has 1 aromatic heterocycles. The van der Waals surface area contributed by atoms with Crippen molar-refractivity contribution >= 4 is 11.5 Å². The van der Waals surface area contributed by atoms with Crippen LogP contribution in [0.2, 0.25) is 0 Å². The van der Waals surface area contributed by atoms with E-state index in [0.29, 0.717) is 5.82 Å². The number of nitrogens with zero attached hydrogens (tertiary/aromatic N) is 2. The van der Waals surface area contributed by atoms with Crippen molar-refractivity contribution in [2.45, 2.75) is 13.0 Å². The summed E-state index contributed by atoms with van der Waals surface area (Å²) in [5, 5.41) is 13.4. The zero-order valence-corrected chi connectivity index (χ0v) is 10.5. The van der Waals surface area contributed by atoms with Crippen LogP contribution in [0.25, 0.3) is 0 Å². The van der Waals surface area contributed by atoms with E-state index in [1.165, 1.54) is 24.3 Å². The molecule has 7 heteroatoms. The van der Waals surface area contributed by atoms with Gasteiger partial charge in [0.25, 0.3) is 5.69 Å². The molecule has 104 valence electrons. The van der Waals surface area contributed by atoms with Gasteiger partial charge in [-0.25, -0.2) is 13.8 Å². The number of rotatable bonds is 4. The third-order valence-corrected chi connectivity index (χ3v) is 2.75. The van der Waals surface area contributed by atoms with Crippen LogP contribution < -0.4 is 5.32 Å². The van der Waals surface area contributed by atoms with Gasteiger partial charge in [-0.2, -0.15) is 0 Å². The van der Waals surface area contributed by atoms with Crippen LogP contribution in [0.5, 0.6) is 0 Å². The fourth-order valence-electron chi connectivity index (χ4n) is 1.73. The minimum absolute atomic E-state index is 0.129. The standard InChI is InChI=1S/C13H11F2N3O2/c1-8(11-4-2-9(14)6-12(11)15)17-13-5-3-10(7-16-13)18(19)20/h2-8H,1H3,(H,16,17)/t8-/m1/s1. The highest BCUT2D eigenvalue weighted by Crippen LogP contribution is 2.22. The van der Waals surface area contributed by atoms with Crippen LogP contribution in [0.3, 0.4) is 0 Å². The van der Waals surface area contributed by atoms with Crippen molar-refractivity contribution in [3.8, 4) is 0 Å². The first-order chi connectivity index (χ1) is 9.47. The van der Waals surface area contributed by atoms with Crippen LogP contribution in [0.1, 0.15) is 18.5 Å². The molecule has 0 spiro atoms. The summed E-state index contributed by atoms with van der Waals surface area (Å²) in [6.45, 7) is 1.68. The fraction of sp³-hybridized carbons (Fsp3) is 0.154. The molecule has 1 N–H and O–H groups in total. The lowest BCUT2D eigenvalue weighted by molar-refractivity contribution is -0.385. The van der Waals surface area contributed by atoms with E-state index in [4.69, 9.17) is 0 Å². The molecule has 1 atom stereocenters. The lowest BCUT2D eigenvalue weighted by atomic mass is 10.1. The smallest absolute Gasteiger partial charge is 0.287 e. The Balaban J connectivity index is 2.14. The zero-order valence-electron chi connectivity index (χ0n) is 10.5. The first-order valence-corrected chi connectivity index (χ1v) is 5.79. The summed E-state index contributed by atoms with van der Waals surface area (Å²) in [5.74, 6) is -0.939. The van der Waals surface area contributed by atoms with Crippen molar-refractivity contribution in [3.63, 3.8) is 0 Å². The molecule has 5 nitrogen and oxygen atoms in total. The highest BCUT2D eigenvalue weighted by atomic mass is 19.1. The van der Waals surface area contributed by atoms with Gasteiger partial charge in [0.05, 0.1) is 11.0 Å². The number of pyridine rings is 1. The van der Waals surface area contributed by atoms with Gasteiger partial charge in [-0.3, -0.25) is 10.1 Å². The van der Waals surface area contributed by atoms with Crippen molar-refractivity contribution in [1.29, 1.82) is 0 Å². The molecular formula is C13H11F2N3O2. The van der Waals surface area contributed by atoms with E-state index in [-0.39, 0.29) is 11.3 Å². The number of hydrogen-bond acceptors (Lipinski definition) is 4. The molecule has 0 aliphatic heterocycles. The number of nitrogens with one attached hydrogen (secondary N) is 1. The van der Waals surface area contributed by atoms with Crippen LogP contribution in [-0.4, -0.2) is 9.91 Å². The maximum atomic E-state index is 13.6. The van der Waals surface area contributed by atoms with Gasteiger partial charge in [-0.1, -0.05) is 6.07 Å². The molecule has 0 unspecified atom stereocenters. The first-order valence-electron chi connectivity index (χ1n) is 5.79. The number of hydrogen-bond donors (Lipinski definition) is 1. The summed E-state index contributed by atoms with van der Waals surface area (Å²) in [4.78, 5) is 13.8. The van der Waals surface area contributed by atoms with E-state index in [9.17, 15) is 18.9 Å². The van der Waals surface area contributed by atoms with Crippen molar-refractivity contribution in [2.24, 2.45) is 0 Å². The second kappa shape index (κ2) is 5.60. The lowest BCUT2D eigenvalue weighted by Gasteiger charge is -2.15. The Hall–Kier alpha value is -2.57. The molecule has 0 bridgehead atoms. The largest absolute Gasteiger partial charge is 0.363 e. The van der Waals surface area contributed by atoms with Gasteiger partial charge in [0.2, 0.25) is 0 Å². The van der Waals surface area contributed by atoms with Gasteiger partial charge in [0.1, 0.15) is 23.6 Å². The second-order valence-electron chi connectivity index (χ2n) is 4.19. The molecule has 0 aliphatic rings. The van der Waals surface area contributed by atoms with E-state index >= 15 is 0 Å². The van der Waals surface area contributed by atoms with Crippen LogP contribution in [0, 0.1) is 21.7 Å². The lowest BCUT2D eigenvalue weighted by Crippen LogP contribution is -2.10. The molecule has 1 aromatic carbocycles. The van der Waals surface area contributed by atoms with Gasteiger partial charge >= 0.3 is 0 Å². The Morgan fingerprint density at radius 1 is 1.30 bits per heavy atom. The van der Waals surface area contributed by atoms with E-state index in [0.717, 1.165) is 12.3 Å². The quantitative estimate of drug-likeness (QED) is 0.687. The van der Waals surface area contributed by atoms with Gasteiger partial charge < -0.3 is 5.32 Å². The molecule has 2 aromatic rings. The molecule has 0 aliphatic carbocycles. The normalized spacial score (nSPS) is 11.9. The Kier molecular flexibility index (Phi) is 3.88. The third kappa shape index (κ3) is 3.05. The maximum Gasteiger partial charge on any atom is 0.287 e. The number of aromatic nitrogens is 1. The SMILES string of the molecule is C[C@@H](Nc1ccc([N+](=O)[O-])cn1)c1ccc(F)cc1F. The number of anilines is 1. The predicted octanol–water partition coefficient (Wildman–Crippen LogP) is 3.44. The van der Waals surface area contributed by atoms with Crippen molar-refractivity contribution in [3.05, 3.63) is 63.8 Å². The Bertz CT molecular complexity index is 632. The molecule has 0 radical (unpaired) electrons.